The fourth-order valence-electron chi connectivity index (χ4n) is 1.72. The van der Waals surface area contributed by atoms with Crippen LogP contribution in [0.5, 0.6) is 0 Å². The van der Waals surface area contributed by atoms with E-state index in [0.29, 0.717) is 0 Å². The molecule has 1 aliphatic rings. The van der Waals surface area contributed by atoms with Gasteiger partial charge in [0.15, 0.2) is 0 Å². The highest BCUT2D eigenvalue weighted by molar-refractivity contribution is 5.69. The summed E-state index contributed by atoms with van der Waals surface area (Å²) in [6.07, 6.45) is 11.0. The van der Waals surface area contributed by atoms with Crippen molar-refractivity contribution in [3.05, 3.63) is 23.8 Å². The first-order valence-electron chi connectivity index (χ1n) is 5.58. The van der Waals surface area contributed by atoms with Crippen LogP contribution in [0.1, 0.15) is 39.5 Å². The molecule has 0 fully saturated rings. The van der Waals surface area contributed by atoms with Crippen LogP contribution in [0.4, 0.5) is 4.79 Å². The molecule has 0 spiro atoms. The van der Waals surface area contributed by atoms with Crippen LogP contribution in [0.2, 0.25) is 0 Å². The maximum atomic E-state index is 9.00. The fraction of sp³-hybridized carbons (Fsp3) is 0.583. The van der Waals surface area contributed by atoms with Gasteiger partial charge in [-0.3, -0.25) is 0 Å². The molecular formula is C12H23N3O. The van der Waals surface area contributed by atoms with Gasteiger partial charge in [0.1, 0.15) is 0 Å². The molecule has 6 N–H and O–H groups in total. The summed E-state index contributed by atoms with van der Waals surface area (Å²) in [7, 11) is 0. The molecule has 1 aliphatic carbocycles. The Labute approximate surface area is 97.6 Å². The zero-order chi connectivity index (χ0) is 12.6. The first kappa shape index (κ1) is 14.7. The van der Waals surface area contributed by atoms with Crippen molar-refractivity contribution < 1.29 is 4.79 Å². The van der Waals surface area contributed by atoms with Crippen LogP contribution in [0, 0.1) is 0 Å². The maximum Gasteiger partial charge on any atom is 0.309 e. The van der Waals surface area contributed by atoms with E-state index < -0.39 is 6.03 Å². The van der Waals surface area contributed by atoms with Gasteiger partial charge in [0.05, 0.1) is 0 Å². The number of hydrogen-bond donors (Lipinski definition) is 3. The fourth-order valence-corrected chi connectivity index (χ4v) is 1.72. The third kappa shape index (κ3) is 7.06. The van der Waals surface area contributed by atoms with Crippen molar-refractivity contribution in [1.29, 1.82) is 0 Å². The molecular weight excluding hydrogens is 202 g/mol. The molecule has 0 aromatic carbocycles. The molecule has 0 radical (unpaired) electrons. The number of primary amides is 2. The van der Waals surface area contributed by atoms with Crippen molar-refractivity contribution in [2.24, 2.45) is 17.2 Å². The first-order valence-corrected chi connectivity index (χ1v) is 5.58. The van der Waals surface area contributed by atoms with Gasteiger partial charge < -0.3 is 17.2 Å². The number of allylic oxidation sites excluding steroid dienone is 2. The van der Waals surface area contributed by atoms with E-state index in [1.54, 1.807) is 0 Å². The molecule has 0 heterocycles. The monoisotopic (exact) mass is 225 g/mol. The molecule has 16 heavy (non-hydrogen) atoms. The van der Waals surface area contributed by atoms with Gasteiger partial charge in [0, 0.05) is 5.54 Å². The topological polar surface area (TPSA) is 95.1 Å². The second kappa shape index (κ2) is 7.06. The Morgan fingerprint density at radius 1 is 1.50 bits per heavy atom. The van der Waals surface area contributed by atoms with Gasteiger partial charge >= 0.3 is 6.03 Å². The van der Waals surface area contributed by atoms with Gasteiger partial charge in [-0.25, -0.2) is 4.79 Å². The minimum atomic E-state index is -0.833. The predicted molar refractivity (Wildman–Crippen MR) is 67.7 cm³/mol. The molecule has 4 nitrogen and oxygen atoms in total. The highest BCUT2D eigenvalue weighted by Crippen LogP contribution is 2.25. The number of carbonyl (C=O) groups excluding carboxylic acids is 1. The minimum Gasteiger partial charge on any atom is -0.352 e. The number of nitrogens with two attached hydrogens (primary N) is 3. The third-order valence-electron chi connectivity index (χ3n) is 2.41. The Morgan fingerprint density at radius 2 is 2.06 bits per heavy atom. The first-order chi connectivity index (χ1) is 7.39. The van der Waals surface area contributed by atoms with Crippen molar-refractivity contribution in [3.8, 4) is 0 Å². The smallest absolute Gasteiger partial charge is 0.309 e. The Hall–Kier alpha value is -1.29. The molecule has 4 heteroatoms. The van der Waals surface area contributed by atoms with Crippen LogP contribution in [0.15, 0.2) is 23.8 Å². The lowest BCUT2D eigenvalue weighted by Crippen LogP contribution is -2.38. The Balaban J connectivity index is 0.000000487. The standard InChI is InChI=1S/C11H19N.CH4N2O/c1-3-4-7-11(12)8-5-6-10(2)9-11;2-1(3)4/h5-6,8H,3-4,7,9,12H2,1-2H3;(H4,2,3,4). The minimum absolute atomic E-state index is 0.0468. The zero-order valence-corrected chi connectivity index (χ0v) is 10.2. The van der Waals surface area contributed by atoms with Crippen molar-refractivity contribution in [2.75, 3.05) is 0 Å². The molecule has 0 aliphatic heterocycles. The molecule has 0 saturated heterocycles. The Kier molecular flexibility index (Phi) is 6.49. The molecule has 0 saturated carbocycles. The van der Waals surface area contributed by atoms with Gasteiger partial charge in [-0.1, -0.05) is 43.6 Å². The second-order valence-corrected chi connectivity index (χ2v) is 4.29. The predicted octanol–water partition coefficient (Wildman–Crippen LogP) is 1.80. The van der Waals surface area contributed by atoms with Gasteiger partial charge in [-0.15, -0.1) is 0 Å². The van der Waals surface area contributed by atoms with Crippen LogP contribution in [0.25, 0.3) is 0 Å². The summed E-state index contributed by atoms with van der Waals surface area (Å²) in [6, 6.07) is -0.833. The van der Waals surface area contributed by atoms with Crippen molar-refractivity contribution in [3.63, 3.8) is 0 Å². The number of rotatable bonds is 3. The number of amides is 2. The normalized spacial score (nSPS) is 23.1. The van der Waals surface area contributed by atoms with Crippen molar-refractivity contribution in [1.82, 2.24) is 0 Å². The molecule has 1 atom stereocenters. The highest BCUT2D eigenvalue weighted by Gasteiger charge is 2.22. The largest absolute Gasteiger partial charge is 0.352 e. The van der Waals surface area contributed by atoms with Gasteiger partial charge in [0.25, 0.3) is 0 Å². The quantitative estimate of drug-likeness (QED) is 0.683. The van der Waals surface area contributed by atoms with Crippen LogP contribution >= 0.6 is 0 Å². The summed E-state index contributed by atoms with van der Waals surface area (Å²) in [5.41, 5.74) is 16.1. The Bertz CT molecular complexity index is 280. The van der Waals surface area contributed by atoms with E-state index in [2.05, 4.69) is 43.5 Å². The summed E-state index contributed by atoms with van der Waals surface area (Å²) in [5, 5.41) is 0. The lowest BCUT2D eigenvalue weighted by molar-refractivity contribution is 0.256. The summed E-state index contributed by atoms with van der Waals surface area (Å²) in [4.78, 5) is 9.00. The number of unbranched alkanes of at least 4 members (excludes halogenated alkanes) is 1. The third-order valence-corrected chi connectivity index (χ3v) is 2.41. The van der Waals surface area contributed by atoms with Crippen LogP contribution in [0.3, 0.4) is 0 Å². The van der Waals surface area contributed by atoms with Gasteiger partial charge in [0.2, 0.25) is 0 Å². The molecule has 2 amide bonds. The van der Waals surface area contributed by atoms with Gasteiger partial charge in [-0.05, 0) is 19.8 Å². The SMILES string of the molecule is CCCCC1(N)C=CC=C(C)C1.NC(N)=O. The molecule has 92 valence electrons. The lowest BCUT2D eigenvalue weighted by Gasteiger charge is -2.28. The van der Waals surface area contributed by atoms with Crippen molar-refractivity contribution in [2.45, 2.75) is 45.1 Å². The van der Waals surface area contributed by atoms with E-state index in [9.17, 15) is 0 Å². The van der Waals surface area contributed by atoms with E-state index in [1.165, 1.54) is 18.4 Å². The summed E-state index contributed by atoms with van der Waals surface area (Å²) in [5.74, 6) is 0. The molecule has 0 aromatic heterocycles. The number of urea groups is 1. The number of hydrogen-bond acceptors (Lipinski definition) is 2. The van der Waals surface area contributed by atoms with E-state index in [4.69, 9.17) is 10.5 Å². The van der Waals surface area contributed by atoms with Crippen molar-refractivity contribution >= 4 is 6.03 Å². The lowest BCUT2D eigenvalue weighted by atomic mass is 9.84. The zero-order valence-electron chi connectivity index (χ0n) is 10.2. The summed E-state index contributed by atoms with van der Waals surface area (Å²) < 4.78 is 0. The average molecular weight is 225 g/mol. The van der Waals surface area contributed by atoms with Crippen LogP contribution < -0.4 is 17.2 Å². The second-order valence-electron chi connectivity index (χ2n) is 4.29. The summed E-state index contributed by atoms with van der Waals surface area (Å²) in [6.45, 7) is 4.36. The molecule has 1 rings (SSSR count). The summed E-state index contributed by atoms with van der Waals surface area (Å²) >= 11 is 0. The van der Waals surface area contributed by atoms with E-state index in [0.717, 1.165) is 12.8 Å². The van der Waals surface area contributed by atoms with E-state index in [1.807, 2.05) is 0 Å². The molecule has 1 unspecified atom stereocenters. The molecule has 0 bridgehead atoms. The van der Waals surface area contributed by atoms with E-state index in [-0.39, 0.29) is 5.54 Å². The molecule has 0 aromatic rings. The maximum absolute atomic E-state index is 9.00. The van der Waals surface area contributed by atoms with Crippen LogP contribution in [-0.2, 0) is 0 Å². The van der Waals surface area contributed by atoms with Crippen LogP contribution in [-0.4, -0.2) is 11.6 Å². The average Bonchev–Trinajstić information content (AvgIpc) is 2.13. The highest BCUT2D eigenvalue weighted by atomic mass is 16.2. The Morgan fingerprint density at radius 3 is 2.50 bits per heavy atom. The number of carbonyl (C=O) groups is 1. The van der Waals surface area contributed by atoms with E-state index >= 15 is 0 Å². The van der Waals surface area contributed by atoms with Gasteiger partial charge in [-0.2, -0.15) is 0 Å².